The van der Waals surface area contributed by atoms with Crippen LogP contribution in [0.5, 0.6) is 0 Å². The van der Waals surface area contributed by atoms with E-state index in [4.69, 9.17) is 5.73 Å². The van der Waals surface area contributed by atoms with Crippen LogP contribution in [0.2, 0.25) is 0 Å². The molecule has 78 valence electrons. The van der Waals surface area contributed by atoms with Gasteiger partial charge in [0.25, 0.3) is 0 Å². The molecule has 13 heavy (non-hydrogen) atoms. The van der Waals surface area contributed by atoms with Gasteiger partial charge in [-0.3, -0.25) is 0 Å². The number of likely N-dealkylation sites (tertiary alicyclic amines) is 1. The molecule has 3 heteroatoms. The lowest BCUT2D eigenvalue weighted by Gasteiger charge is -2.16. The third-order valence-electron chi connectivity index (χ3n) is 2.70. The van der Waals surface area contributed by atoms with Gasteiger partial charge in [0.2, 0.25) is 0 Å². The summed E-state index contributed by atoms with van der Waals surface area (Å²) < 4.78 is 0. The van der Waals surface area contributed by atoms with Crippen LogP contribution in [0.3, 0.4) is 0 Å². The third kappa shape index (κ3) is 4.60. The standard InChI is InChI=1S/C10H23N3/c1-10(9-11)12-5-4-8-13-6-2-3-7-13/h10,12H,2-9,11H2,1H3. The monoisotopic (exact) mass is 185 g/mol. The summed E-state index contributed by atoms with van der Waals surface area (Å²) in [7, 11) is 0. The summed E-state index contributed by atoms with van der Waals surface area (Å²) in [4.78, 5) is 2.55. The molecule has 0 aromatic carbocycles. The molecule has 1 aliphatic heterocycles. The van der Waals surface area contributed by atoms with Crippen molar-refractivity contribution < 1.29 is 0 Å². The summed E-state index contributed by atoms with van der Waals surface area (Å²) >= 11 is 0. The third-order valence-corrected chi connectivity index (χ3v) is 2.70. The summed E-state index contributed by atoms with van der Waals surface area (Å²) in [5.74, 6) is 0. The molecule has 1 atom stereocenters. The van der Waals surface area contributed by atoms with E-state index < -0.39 is 0 Å². The summed E-state index contributed by atoms with van der Waals surface area (Å²) in [5.41, 5.74) is 5.50. The van der Waals surface area contributed by atoms with Gasteiger partial charge in [0.1, 0.15) is 0 Å². The summed E-state index contributed by atoms with van der Waals surface area (Å²) in [6, 6.07) is 0.471. The Bertz CT molecular complexity index is 121. The zero-order valence-corrected chi connectivity index (χ0v) is 8.76. The first kappa shape index (κ1) is 11.0. The van der Waals surface area contributed by atoms with E-state index in [2.05, 4.69) is 17.1 Å². The molecule has 0 spiro atoms. The van der Waals surface area contributed by atoms with Crippen molar-refractivity contribution in [2.75, 3.05) is 32.7 Å². The van der Waals surface area contributed by atoms with Gasteiger partial charge in [-0.2, -0.15) is 0 Å². The van der Waals surface area contributed by atoms with E-state index in [1.807, 2.05) is 0 Å². The van der Waals surface area contributed by atoms with Crippen molar-refractivity contribution >= 4 is 0 Å². The molecular formula is C10H23N3. The van der Waals surface area contributed by atoms with Gasteiger partial charge in [0.15, 0.2) is 0 Å². The Morgan fingerprint density at radius 3 is 2.69 bits per heavy atom. The van der Waals surface area contributed by atoms with Crippen LogP contribution in [0.15, 0.2) is 0 Å². The molecule has 1 heterocycles. The molecular weight excluding hydrogens is 162 g/mol. The van der Waals surface area contributed by atoms with E-state index in [1.165, 1.54) is 38.9 Å². The Morgan fingerprint density at radius 2 is 2.08 bits per heavy atom. The predicted molar refractivity (Wildman–Crippen MR) is 56.8 cm³/mol. The van der Waals surface area contributed by atoms with Crippen LogP contribution in [0.1, 0.15) is 26.2 Å². The molecule has 1 aliphatic rings. The SMILES string of the molecule is CC(CN)NCCCN1CCCC1. The predicted octanol–water partition coefficient (Wildman–Crippen LogP) is 0.409. The molecule has 0 bridgehead atoms. The average Bonchev–Trinajstić information content (AvgIpc) is 2.64. The van der Waals surface area contributed by atoms with E-state index >= 15 is 0 Å². The topological polar surface area (TPSA) is 41.3 Å². The van der Waals surface area contributed by atoms with Crippen LogP contribution < -0.4 is 11.1 Å². The number of nitrogens with zero attached hydrogens (tertiary/aromatic N) is 1. The first-order valence-electron chi connectivity index (χ1n) is 5.48. The van der Waals surface area contributed by atoms with Crippen molar-refractivity contribution in [2.45, 2.75) is 32.2 Å². The largest absolute Gasteiger partial charge is 0.329 e. The number of hydrogen-bond donors (Lipinski definition) is 2. The first-order chi connectivity index (χ1) is 6.33. The highest BCUT2D eigenvalue weighted by Gasteiger charge is 2.09. The molecule has 1 rings (SSSR count). The molecule has 1 unspecified atom stereocenters. The van der Waals surface area contributed by atoms with Crippen LogP contribution in [0, 0.1) is 0 Å². The fourth-order valence-electron chi connectivity index (χ4n) is 1.74. The van der Waals surface area contributed by atoms with Crippen molar-refractivity contribution in [3.05, 3.63) is 0 Å². The Hall–Kier alpha value is -0.120. The quantitative estimate of drug-likeness (QED) is 0.589. The Morgan fingerprint density at radius 1 is 1.38 bits per heavy atom. The van der Waals surface area contributed by atoms with E-state index in [1.54, 1.807) is 0 Å². The molecule has 0 aromatic rings. The lowest BCUT2D eigenvalue weighted by atomic mass is 10.3. The minimum Gasteiger partial charge on any atom is -0.329 e. The van der Waals surface area contributed by atoms with E-state index in [-0.39, 0.29) is 0 Å². The van der Waals surface area contributed by atoms with Crippen LogP contribution >= 0.6 is 0 Å². The van der Waals surface area contributed by atoms with Gasteiger partial charge in [-0.25, -0.2) is 0 Å². The Kier molecular flexibility index (Phi) is 5.35. The molecule has 0 aliphatic carbocycles. The van der Waals surface area contributed by atoms with Crippen molar-refractivity contribution in [1.82, 2.24) is 10.2 Å². The fraction of sp³-hybridized carbons (Fsp3) is 1.00. The van der Waals surface area contributed by atoms with Gasteiger partial charge >= 0.3 is 0 Å². The van der Waals surface area contributed by atoms with Crippen molar-refractivity contribution in [2.24, 2.45) is 5.73 Å². The lowest BCUT2D eigenvalue weighted by molar-refractivity contribution is 0.328. The molecule has 0 amide bonds. The smallest absolute Gasteiger partial charge is 0.0161 e. The lowest BCUT2D eigenvalue weighted by Crippen LogP contribution is -2.35. The van der Waals surface area contributed by atoms with Gasteiger partial charge < -0.3 is 16.0 Å². The maximum absolute atomic E-state index is 5.50. The molecule has 0 radical (unpaired) electrons. The first-order valence-corrected chi connectivity index (χ1v) is 5.48. The van der Waals surface area contributed by atoms with Crippen LogP contribution in [-0.4, -0.2) is 43.7 Å². The zero-order chi connectivity index (χ0) is 9.52. The second kappa shape index (κ2) is 6.35. The second-order valence-corrected chi connectivity index (χ2v) is 3.99. The summed E-state index contributed by atoms with van der Waals surface area (Å²) in [6.45, 7) is 7.86. The van der Waals surface area contributed by atoms with Gasteiger partial charge in [-0.15, -0.1) is 0 Å². The van der Waals surface area contributed by atoms with Crippen LogP contribution in [0.25, 0.3) is 0 Å². The minimum atomic E-state index is 0.471. The van der Waals surface area contributed by atoms with Crippen LogP contribution in [0.4, 0.5) is 0 Å². The van der Waals surface area contributed by atoms with Gasteiger partial charge in [-0.1, -0.05) is 0 Å². The van der Waals surface area contributed by atoms with Crippen molar-refractivity contribution in [3.63, 3.8) is 0 Å². The molecule has 1 saturated heterocycles. The summed E-state index contributed by atoms with van der Waals surface area (Å²) in [5, 5.41) is 3.40. The highest BCUT2D eigenvalue weighted by molar-refractivity contribution is 4.67. The Balaban J connectivity index is 1.88. The van der Waals surface area contributed by atoms with Gasteiger partial charge in [-0.05, 0) is 52.4 Å². The average molecular weight is 185 g/mol. The van der Waals surface area contributed by atoms with Crippen LogP contribution in [-0.2, 0) is 0 Å². The molecule has 3 nitrogen and oxygen atoms in total. The molecule has 3 N–H and O–H groups in total. The Labute approximate surface area is 81.7 Å². The van der Waals surface area contributed by atoms with Gasteiger partial charge in [0.05, 0.1) is 0 Å². The van der Waals surface area contributed by atoms with E-state index in [9.17, 15) is 0 Å². The van der Waals surface area contributed by atoms with Crippen molar-refractivity contribution in [3.8, 4) is 0 Å². The highest BCUT2D eigenvalue weighted by atomic mass is 15.1. The normalized spacial score (nSPS) is 20.8. The highest BCUT2D eigenvalue weighted by Crippen LogP contribution is 2.06. The number of nitrogens with two attached hydrogens (primary N) is 1. The number of nitrogens with one attached hydrogen (secondary N) is 1. The van der Waals surface area contributed by atoms with Crippen molar-refractivity contribution in [1.29, 1.82) is 0 Å². The zero-order valence-electron chi connectivity index (χ0n) is 8.76. The maximum Gasteiger partial charge on any atom is 0.0161 e. The molecule has 1 fully saturated rings. The van der Waals surface area contributed by atoms with E-state index in [0.717, 1.165) is 13.1 Å². The minimum absolute atomic E-state index is 0.471. The maximum atomic E-state index is 5.50. The molecule has 0 aromatic heterocycles. The number of rotatable bonds is 6. The fourth-order valence-corrected chi connectivity index (χ4v) is 1.74. The second-order valence-electron chi connectivity index (χ2n) is 3.99. The van der Waals surface area contributed by atoms with Gasteiger partial charge in [0, 0.05) is 12.6 Å². The molecule has 0 saturated carbocycles. The summed E-state index contributed by atoms with van der Waals surface area (Å²) in [6.07, 6.45) is 4.05. The van der Waals surface area contributed by atoms with E-state index in [0.29, 0.717) is 6.04 Å². The number of hydrogen-bond acceptors (Lipinski definition) is 3.